The third kappa shape index (κ3) is 3.61. The number of nitrogens with zero attached hydrogens (tertiary/aromatic N) is 1. The first-order valence-electron chi connectivity index (χ1n) is 5.93. The Balaban J connectivity index is 2.13. The van der Waals surface area contributed by atoms with E-state index in [0.717, 1.165) is 10.7 Å². The van der Waals surface area contributed by atoms with Crippen molar-refractivity contribution in [1.82, 2.24) is 4.98 Å². The summed E-state index contributed by atoms with van der Waals surface area (Å²) in [7, 11) is 0. The predicted molar refractivity (Wildman–Crippen MR) is 71.8 cm³/mol. The lowest BCUT2D eigenvalue weighted by atomic mass is 9.96. The number of benzene rings is 1. The first-order chi connectivity index (χ1) is 9.06. The van der Waals surface area contributed by atoms with Crippen LogP contribution in [0.1, 0.15) is 16.3 Å². The van der Waals surface area contributed by atoms with E-state index in [9.17, 15) is 14.3 Å². The van der Waals surface area contributed by atoms with Crippen LogP contribution in [0, 0.1) is 18.7 Å². The second-order valence-corrected chi connectivity index (χ2v) is 5.36. The lowest BCUT2D eigenvalue weighted by Crippen LogP contribution is -2.19. The van der Waals surface area contributed by atoms with Crippen molar-refractivity contribution in [1.29, 1.82) is 0 Å². The molecular weight excluding hydrogens is 265 g/mol. The summed E-state index contributed by atoms with van der Waals surface area (Å²) in [5.41, 5.74) is 1.32. The summed E-state index contributed by atoms with van der Waals surface area (Å²) in [5, 5.41) is 11.9. The number of rotatable bonds is 5. The number of aliphatic carboxylic acids is 1. The van der Waals surface area contributed by atoms with E-state index < -0.39 is 11.9 Å². The third-order valence-corrected chi connectivity index (χ3v) is 3.85. The average Bonchev–Trinajstić information content (AvgIpc) is 2.76. The first-order valence-corrected chi connectivity index (χ1v) is 6.81. The molecule has 0 radical (unpaired) electrons. The minimum absolute atomic E-state index is 0.181. The van der Waals surface area contributed by atoms with Gasteiger partial charge in [-0.25, -0.2) is 9.37 Å². The van der Waals surface area contributed by atoms with Gasteiger partial charge in [0.25, 0.3) is 0 Å². The molecule has 19 heavy (non-hydrogen) atoms. The van der Waals surface area contributed by atoms with Crippen LogP contribution in [0.2, 0.25) is 0 Å². The average molecular weight is 279 g/mol. The highest BCUT2D eigenvalue weighted by atomic mass is 32.1. The van der Waals surface area contributed by atoms with Gasteiger partial charge >= 0.3 is 5.97 Å². The lowest BCUT2D eigenvalue weighted by Gasteiger charge is -2.11. The Hall–Kier alpha value is -1.75. The molecule has 0 amide bonds. The topological polar surface area (TPSA) is 50.2 Å². The summed E-state index contributed by atoms with van der Waals surface area (Å²) in [5.74, 6) is -1.93. The number of hydrogen-bond donors (Lipinski definition) is 1. The lowest BCUT2D eigenvalue weighted by molar-refractivity contribution is -0.141. The number of hydrogen-bond acceptors (Lipinski definition) is 3. The summed E-state index contributed by atoms with van der Waals surface area (Å²) in [4.78, 5) is 15.5. The van der Waals surface area contributed by atoms with Crippen molar-refractivity contribution in [2.45, 2.75) is 19.8 Å². The smallest absolute Gasteiger partial charge is 0.307 e. The van der Waals surface area contributed by atoms with Crippen LogP contribution in [0.5, 0.6) is 0 Å². The molecule has 1 unspecified atom stereocenters. The molecule has 2 aromatic rings. The fourth-order valence-electron chi connectivity index (χ4n) is 1.88. The summed E-state index contributed by atoms with van der Waals surface area (Å²) < 4.78 is 13.6. The molecular formula is C14H14FNO2S. The fraction of sp³-hybridized carbons (Fsp3) is 0.286. The van der Waals surface area contributed by atoms with Gasteiger partial charge in [-0.2, -0.15) is 0 Å². The minimum Gasteiger partial charge on any atom is -0.481 e. The molecule has 1 heterocycles. The monoisotopic (exact) mass is 279 g/mol. The van der Waals surface area contributed by atoms with Crippen LogP contribution in [0.4, 0.5) is 4.39 Å². The van der Waals surface area contributed by atoms with Crippen LogP contribution in [0.3, 0.4) is 0 Å². The second kappa shape index (κ2) is 5.93. The molecule has 1 aromatic heterocycles. The quantitative estimate of drug-likeness (QED) is 0.915. The number of carbonyl (C=O) groups is 1. The van der Waals surface area contributed by atoms with Crippen LogP contribution < -0.4 is 0 Å². The summed E-state index contributed by atoms with van der Waals surface area (Å²) in [6.45, 7) is 1.87. The van der Waals surface area contributed by atoms with Crippen LogP contribution in [0.25, 0.3) is 0 Å². The van der Waals surface area contributed by atoms with Gasteiger partial charge in [-0.1, -0.05) is 18.2 Å². The maximum atomic E-state index is 13.6. The van der Waals surface area contributed by atoms with Crippen LogP contribution in [-0.2, 0) is 17.6 Å². The van der Waals surface area contributed by atoms with Gasteiger partial charge < -0.3 is 5.11 Å². The summed E-state index contributed by atoms with van der Waals surface area (Å²) in [6, 6.07) is 6.28. The van der Waals surface area contributed by atoms with Gasteiger partial charge in [-0.05, 0) is 25.0 Å². The number of halogens is 1. The van der Waals surface area contributed by atoms with Crippen molar-refractivity contribution >= 4 is 17.3 Å². The largest absolute Gasteiger partial charge is 0.481 e. The standard InChI is InChI=1S/C14H14FNO2S/c1-9-8-19-13(16-9)7-11(14(17)18)6-10-4-2-3-5-12(10)15/h2-5,8,11H,6-7H2,1H3,(H,17,18). The number of aromatic nitrogens is 1. The van der Waals surface area contributed by atoms with Gasteiger partial charge in [-0.15, -0.1) is 11.3 Å². The van der Waals surface area contributed by atoms with Gasteiger partial charge in [0.1, 0.15) is 5.82 Å². The molecule has 2 rings (SSSR count). The van der Waals surface area contributed by atoms with E-state index in [4.69, 9.17) is 0 Å². The van der Waals surface area contributed by atoms with Gasteiger partial charge in [0, 0.05) is 17.5 Å². The third-order valence-electron chi connectivity index (χ3n) is 2.86. The predicted octanol–water partition coefficient (Wildman–Crippen LogP) is 3.08. The zero-order valence-corrected chi connectivity index (χ0v) is 11.3. The molecule has 0 aliphatic carbocycles. The van der Waals surface area contributed by atoms with E-state index >= 15 is 0 Å². The van der Waals surface area contributed by atoms with Crippen molar-refractivity contribution in [3.63, 3.8) is 0 Å². The maximum absolute atomic E-state index is 13.6. The van der Waals surface area contributed by atoms with Crippen LogP contribution in [-0.4, -0.2) is 16.1 Å². The second-order valence-electron chi connectivity index (χ2n) is 4.42. The van der Waals surface area contributed by atoms with Crippen molar-refractivity contribution in [2.75, 3.05) is 0 Å². The minimum atomic E-state index is -0.920. The maximum Gasteiger partial charge on any atom is 0.307 e. The number of carboxylic acid groups (broad SMARTS) is 1. The number of thiazole rings is 1. The van der Waals surface area contributed by atoms with Gasteiger partial charge in [0.05, 0.1) is 10.9 Å². The molecule has 5 heteroatoms. The Morgan fingerprint density at radius 1 is 1.42 bits per heavy atom. The molecule has 3 nitrogen and oxygen atoms in total. The summed E-state index contributed by atoms with van der Waals surface area (Å²) >= 11 is 1.44. The Morgan fingerprint density at radius 2 is 2.16 bits per heavy atom. The Bertz CT molecular complexity index is 582. The Kier molecular flexibility index (Phi) is 4.27. The zero-order valence-electron chi connectivity index (χ0n) is 10.5. The summed E-state index contributed by atoms with van der Waals surface area (Å²) in [6.07, 6.45) is 0.517. The Morgan fingerprint density at radius 3 is 2.74 bits per heavy atom. The molecule has 1 atom stereocenters. The van der Waals surface area contributed by atoms with Crippen molar-refractivity contribution in [2.24, 2.45) is 5.92 Å². The molecule has 100 valence electrons. The Labute approximate surface area is 114 Å². The van der Waals surface area contributed by atoms with E-state index in [1.54, 1.807) is 18.2 Å². The van der Waals surface area contributed by atoms with Crippen molar-refractivity contribution in [3.05, 3.63) is 51.7 Å². The molecule has 0 saturated carbocycles. The molecule has 1 aromatic carbocycles. The highest BCUT2D eigenvalue weighted by molar-refractivity contribution is 7.09. The normalized spacial score (nSPS) is 12.3. The zero-order chi connectivity index (χ0) is 13.8. The fourth-order valence-corrected chi connectivity index (χ4v) is 2.74. The van der Waals surface area contributed by atoms with Crippen molar-refractivity contribution in [3.8, 4) is 0 Å². The molecule has 0 spiro atoms. The van der Waals surface area contributed by atoms with Gasteiger partial charge in [0.2, 0.25) is 0 Å². The van der Waals surface area contributed by atoms with E-state index in [1.807, 2.05) is 12.3 Å². The molecule has 0 saturated heterocycles. The van der Waals surface area contributed by atoms with E-state index in [0.29, 0.717) is 12.0 Å². The van der Waals surface area contributed by atoms with Crippen molar-refractivity contribution < 1.29 is 14.3 Å². The molecule has 0 fully saturated rings. The van der Waals surface area contributed by atoms with E-state index in [1.165, 1.54) is 17.4 Å². The van der Waals surface area contributed by atoms with E-state index in [-0.39, 0.29) is 12.2 Å². The highest BCUT2D eigenvalue weighted by Crippen LogP contribution is 2.19. The molecule has 0 aliphatic rings. The van der Waals surface area contributed by atoms with Gasteiger partial charge in [0.15, 0.2) is 0 Å². The van der Waals surface area contributed by atoms with E-state index in [2.05, 4.69) is 4.98 Å². The van der Waals surface area contributed by atoms with Crippen LogP contribution >= 0.6 is 11.3 Å². The molecule has 0 aliphatic heterocycles. The number of carboxylic acids is 1. The highest BCUT2D eigenvalue weighted by Gasteiger charge is 2.21. The number of aryl methyl sites for hydroxylation is 1. The first kappa shape index (κ1) is 13.7. The van der Waals surface area contributed by atoms with Gasteiger partial charge in [-0.3, -0.25) is 4.79 Å². The molecule has 0 bridgehead atoms. The molecule has 1 N–H and O–H groups in total. The van der Waals surface area contributed by atoms with Crippen LogP contribution in [0.15, 0.2) is 29.6 Å². The SMILES string of the molecule is Cc1csc(CC(Cc2ccccc2F)C(=O)O)n1.